The lowest BCUT2D eigenvalue weighted by Crippen LogP contribution is -2.32. The quantitative estimate of drug-likeness (QED) is 0.765. The second-order valence-electron chi connectivity index (χ2n) is 6.47. The highest BCUT2D eigenvalue weighted by atomic mass is 16.5. The van der Waals surface area contributed by atoms with Crippen molar-refractivity contribution in [2.75, 3.05) is 13.7 Å². The van der Waals surface area contributed by atoms with Crippen LogP contribution in [0.4, 0.5) is 0 Å². The Morgan fingerprint density at radius 1 is 1.04 bits per heavy atom. The number of benzene rings is 2. The van der Waals surface area contributed by atoms with E-state index in [1.807, 2.05) is 31.2 Å². The number of imide groups is 1. The fourth-order valence-electron chi connectivity index (χ4n) is 3.13. The van der Waals surface area contributed by atoms with Gasteiger partial charge in [0.05, 0.1) is 24.3 Å². The molecule has 3 rings (SSSR count). The van der Waals surface area contributed by atoms with Gasteiger partial charge in [-0.1, -0.05) is 24.3 Å². The van der Waals surface area contributed by atoms with Crippen molar-refractivity contribution in [1.82, 2.24) is 10.2 Å². The first kappa shape index (κ1) is 18.6. The largest absolute Gasteiger partial charge is 0.497 e. The number of nitrogens with zero attached hydrogens (tertiary/aromatic N) is 1. The van der Waals surface area contributed by atoms with Crippen LogP contribution in [0.15, 0.2) is 48.5 Å². The Morgan fingerprint density at radius 2 is 1.63 bits per heavy atom. The van der Waals surface area contributed by atoms with Crippen molar-refractivity contribution in [3.63, 3.8) is 0 Å². The van der Waals surface area contributed by atoms with Crippen molar-refractivity contribution in [3.05, 3.63) is 65.2 Å². The number of ether oxygens (including phenoxy) is 1. The monoisotopic (exact) mass is 366 g/mol. The molecular formula is C21H22N2O4. The van der Waals surface area contributed by atoms with Crippen molar-refractivity contribution in [2.45, 2.75) is 25.8 Å². The van der Waals surface area contributed by atoms with Gasteiger partial charge in [-0.3, -0.25) is 19.3 Å². The fraction of sp³-hybridized carbons (Fsp3) is 0.286. The van der Waals surface area contributed by atoms with Crippen LogP contribution in [0.5, 0.6) is 5.75 Å². The third-order valence-corrected chi connectivity index (χ3v) is 4.66. The summed E-state index contributed by atoms with van der Waals surface area (Å²) in [5, 5.41) is 2.93. The summed E-state index contributed by atoms with van der Waals surface area (Å²) >= 11 is 0. The molecule has 0 bridgehead atoms. The SMILES string of the molecule is COc1ccc(C(C)NC(=O)CCCN2C(=O)c3ccccc3C2=O)cc1. The molecule has 140 valence electrons. The number of carbonyl (C=O) groups excluding carboxylic acids is 3. The lowest BCUT2D eigenvalue weighted by Gasteiger charge is -2.16. The van der Waals surface area contributed by atoms with Crippen molar-refractivity contribution >= 4 is 17.7 Å². The van der Waals surface area contributed by atoms with Gasteiger partial charge in [0, 0.05) is 13.0 Å². The highest BCUT2D eigenvalue weighted by Gasteiger charge is 2.34. The third kappa shape index (κ3) is 4.00. The van der Waals surface area contributed by atoms with Crippen LogP contribution in [0.25, 0.3) is 0 Å². The molecule has 3 amide bonds. The molecule has 1 aliphatic rings. The summed E-state index contributed by atoms with van der Waals surface area (Å²) in [5.74, 6) is 0.0679. The lowest BCUT2D eigenvalue weighted by molar-refractivity contribution is -0.121. The van der Waals surface area contributed by atoms with Gasteiger partial charge in [0.25, 0.3) is 11.8 Å². The molecule has 0 spiro atoms. The first-order valence-electron chi connectivity index (χ1n) is 8.90. The van der Waals surface area contributed by atoms with Gasteiger partial charge in [-0.05, 0) is 43.2 Å². The van der Waals surface area contributed by atoms with Gasteiger partial charge in [0.15, 0.2) is 0 Å². The molecule has 0 saturated carbocycles. The minimum Gasteiger partial charge on any atom is -0.497 e. The zero-order chi connectivity index (χ0) is 19.4. The molecule has 0 fully saturated rings. The maximum atomic E-state index is 12.3. The molecule has 1 unspecified atom stereocenters. The molecule has 1 N–H and O–H groups in total. The molecule has 27 heavy (non-hydrogen) atoms. The highest BCUT2D eigenvalue weighted by molar-refractivity contribution is 6.21. The minimum absolute atomic E-state index is 0.116. The molecule has 6 heteroatoms. The molecule has 2 aromatic carbocycles. The lowest BCUT2D eigenvalue weighted by atomic mass is 10.1. The zero-order valence-electron chi connectivity index (χ0n) is 15.4. The molecule has 0 aliphatic carbocycles. The Kier molecular flexibility index (Phi) is 5.54. The number of methoxy groups -OCH3 is 1. The van der Waals surface area contributed by atoms with Crippen molar-refractivity contribution in [3.8, 4) is 5.75 Å². The number of rotatable bonds is 7. The van der Waals surface area contributed by atoms with Gasteiger partial charge >= 0.3 is 0 Å². The average Bonchev–Trinajstić information content (AvgIpc) is 2.93. The van der Waals surface area contributed by atoms with E-state index in [1.54, 1.807) is 31.4 Å². The van der Waals surface area contributed by atoms with E-state index in [-0.39, 0.29) is 36.7 Å². The van der Waals surface area contributed by atoms with Crippen LogP contribution in [0, 0.1) is 0 Å². The predicted octanol–water partition coefficient (Wildman–Crippen LogP) is 2.95. The van der Waals surface area contributed by atoms with E-state index in [0.717, 1.165) is 11.3 Å². The molecule has 1 heterocycles. The topological polar surface area (TPSA) is 75.7 Å². The maximum Gasteiger partial charge on any atom is 0.261 e. The highest BCUT2D eigenvalue weighted by Crippen LogP contribution is 2.23. The van der Waals surface area contributed by atoms with Gasteiger partial charge in [-0.15, -0.1) is 0 Å². The first-order valence-corrected chi connectivity index (χ1v) is 8.90. The van der Waals surface area contributed by atoms with Gasteiger partial charge in [0.1, 0.15) is 5.75 Å². The number of nitrogens with one attached hydrogen (secondary N) is 1. The minimum atomic E-state index is -0.289. The summed E-state index contributed by atoms with van der Waals surface area (Å²) in [6.07, 6.45) is 0.667. The predicted molar refractivity (Wildman–Crippen MR) is 101 cm³/mol. The first-order chi connectivity index (χ1) is 13.0. The molecular weight excluding hydrogens is 344 g/mol. The van der Waals surface area contributed by atoms with Crippen LogP contribution in [0.1, 0.15) is 52.1 Å². The third-order valence-electron chi connectivity index (χ3n) is 4.66. The second-order valence-corrected chi connectivity index (χ2v) is 6.47. The maximum absolute atomic E-state index is 12.3. The fourth-order valence-corrected chi connectivity index (χ4v) is 3.13. The van der Waals surface area contributed by atoms with Crippen LogP contribution in [0.3, 0.4) is 0 Å². The number of fused-ring (bicyclic) bond motifs is 1. The summed E-state index contributed by atoms with van der Waals surface area (Å²) in [5.41, 5.74) is 1.84. The standard InChI is InChI=1S/C21H22N2O4/c1-14(15-9-11-16(27-2)12-10-15)22-19(24)8-5-13-23-20(25)17-6-3-4-7-18(17)21(23)26/h3-4,6-7,9-12,14H,5,8,13H2,1-2H3,(H,22,24). The molecule has 6 nitrogen and oxygen atoms in total. The number of hydrogen-bond acceptors (Lipinski definition) is 4. The Bertz CT molecular complexity index is 826. The van der Waals surface area contributed by atoms with E-state index < -0.39 is 0 Å². The summed E-state index contributed by atoms with van der Waals surface area (Å²) in [6, 6.07) is 14.1. The number of carbonyl (C=O) groups is 3. The second kappa shape index (κ2) is 8.03. The van der Waals surface area contributed by atoms with E-state index in [0.29, 0.717) is 17.5 Å². The molecule has 1 aliphatic heterocycles. The van der Waals surface area contributed by atoms with Crippen LogP contribution in [0.2, 0.25) is 0 Å². The smallest absolute Gasteiger partial charge is 0.261 e. The van der Waals surface area contributed by atoms with Crippen LogP contribution in [-0.4, -0.2) is 36.3 Å². The molecule has 0 aromatic heterocycles. The van der Waals surface area contributed by atoms with Crippen LogP contribution in [-0.2, 0) is 4.79 Å². The normalized spacial score (nSPS) is 14.1. The Morgan fingerprint density at radius 3 is 2.19 bits per heavy atom. The van der Waals surface area contributed by atoms with Crippen molar-refractivity contribution in [1.29, 1.82) is 0 Å². The van der Waals surface area contributed by atoms with Crippen LogP contribution < -0.4 is 10.1 Å². The van der Waals surface area contributed by atoms with Crippen LogP contribution >= 0.6 is 0 Å². The Hall–Kier alpha value is -3.15. The average molecular weight is 366 g/mol. The van der Waals surface area contributed by atoms with Gasteiger partial charge in [-0.2, -0.15) is 0 Å². The van der Waals surface area contributed by atoms with E-state index in [1.165, 1.54) is 4.90 Å². The number of amides is 3. The summed E-state index contributed by atoms with van der Waals surface area (Å²) in [6.45, 7) is 2.14. The van der Waals surface area contributed by atoms with E-state index in [4.69, 9.17) is 4.74 Å². The molecule has 2 aromatic rings. The summed E-state index contributed by atoms with van der Waals surface area (Å²) in [7, 11) is 1.61. The van der Waals surface area contributed by atoms with Gasteiger partial charge < -0.3 is 10.1 Å². The van der Waals surface area contributed by atoms with Crippen molar-refractivity contribution < 1.29 is 19.1 Å². The number of hydrogen-bond donors (Lipinski definition) is 1. The van der Waals surface area contributed by atoms with Crippen molar-refractivity contribution in [2.24, 2.45) is 0 Å². The summed E-state index contributed by atoms with van der Waals surface area (Å²) in [4.78, 5) is 38.0. The molecule has 0 radical (unpaired) electrons. The molecule has 0 saturated heterocycles. The van der Waals surface area contributed by atoms with E-state index in [9.17, 15) is 14.4 Å². The molecule has 1 atom stereocenters. The summed E-state index contributed by atoms with van der Waals surface area (Å²) < 4.78 is 5.13. The van der Waals surface area contributed by atoms with Gasteiger partial charge in [-0.25, -0.2) is 0 Å². The van der Waals surface area contributed by atoms with Gasteiger partial charge in [0.2, 0.25) is 5.91 Å². The Labute approximate surface area is 158 Å². The Balaban J connectivity index is 1.48. The zero-order valence-corrected chi connectivity index (χ0v) is 15.4. The van der Waals surface area contributed by atoms with E-state index in [2.05, 4.69) is 5.32 Å². The van der Waals surface area contributed by atoms with E-state index >= 15 is 0 Å².